The summed E-state index contributed by atoms with van der Waals surface area (Å²) in [5.74, 6) is 0. The second-order valence-electron chi connectivity index (χ2n) is 2.84. The van der Waals surface area contributed by atoms with Gasteiger partial charge < -0.3 is 0 Å². The summed E-state index contributed by atoms with van der Waals surface area (Å²) < 4.78 is 54.2. The van der Waals surface area contributed by atoms with E-state index in [0.717, 1.165) is 0 Å². The zero-order valence-electron chi connectivity index (χ0n) is 9.08. The molecule has 0 fully saturated rings. The van der Waals surface area contributed by atoms with Crippen LogP contribution in [0.4, 0.5) is 0 Å². The van der Waals surface area contributed by atoms with Crippen LogP contribution in [0.1, 0.15) is 0 Å². The quantitative estimate of drug-likeness (QED) is 0.803. The highest BCUT2D eigenvalue weighted by atomic mass is 32.3. The molecule has 102 valence electrons. The van der Waals surface area contributed by atoms with Gasteiger partial charge in [0.15, 0.2) is 0 Å². The Morgan fingerprint density at radius 2 is 1.06 bits per heavy atom. The molecule has 6 nitrogen and oxygen atoms in total. The first-order valence-corrected chi connectivity index (χ1v) is 8.58. The lowest BCUT2D eigenvalue weighted by molar-refractivity contribution is 0.471. The first-order valence-electron chi connectivity index (χ1n) is 4.41. The Kier molecular flexibility index (Phi) is 7.71. The van der Waals surface area contributed by atoms with Crippen LogP contribution in [0.25, 0.3) is 0 Å². The van der Waals surface area contributed by atoms with E-state index >= 15 is 0 Å². The van der Waals surface area contributed by atoms with Crippen molar-refractivity contribution in [3.05, 3.63) is 47.2 Å². The van der Waals surface area contributed by atoms with Crippen LogP contribution < -0.4 is 0 Å². The predicted molar refractivity (Wildman–Crippen MR) is 69.9 cm³/mol. The number of hydrogen-bond acceptors (Lipinski definition) is 5. The Morgan fingerprint density at radius 3 is 1.33 bits per heavy atom. The van der Waals surface area contributed by atoms with E-state index in [0.29, 0.717) is 0 Å². The van der Waals surface area contributed by atoms with E-state index in [9.17, 15) is 16.8 Å². The van der Waals surface area contributed by atoms with Crippen molar-refractivity contribution >= 4 is 31.6 Å². The zero-order chi connectivity index (χ0) is 14.1. The zero-order valence-corrected chi connectivity index (χ0v) is 11.5. The van der Waals surface area contributed by atoms with Gasteiger partial charge in [-0.3, -0.25) is 9.11 Å². The molecule has 1 heterocycles. The molecule has 18 heavy (non-hydrogen) atoms. The van der Waals surface area contributed by atoms with E-state index in [2.05, 4.69) is 0 Å². The highest BCUT2D eigenvalue weighted by molar-refractivity contribution is 8.02. The van der Waals surface area contributed by atoms with Crippen LogP contribution in [-0.2, 0) is 20.2 Å². The number of hydrogen-bond donors (Lipinski definition) is 2. The summed E-state index contributed by atoms with van der Waals surface area (Å²) >= 11 is 1.68. The second kappa shape index (κ2) is 8.16. The molecule has 1 aromatic heterocycles. The van der Waals surface area contributed by atoms with Crippen LogP contribution in [0.3, 0.4) is 0 Å². The minimum Gasteiger partial charge on any atom is -0.285 e. The number of rotatable bonds is 2. The van der Waals surface area contributed by atoms with Crippen LogP contribution in [0.15, 0.2) is 47.2 Å². The molecule has 0 aliphatic carbocycles. The van der Waals surface area contributed by atoms with Gasteiger partial charge in [-0.05, 0) is 10.8 Å². The van der Waals surface area contributed by atoms with Gasteiger partial charge in [0.05, 0.1) is 0 Å². The van der Waals surface area contributed by atoms with Gasteiger partial charge in [-0.2, -0.15) is 28.2 Å². The van der Waals surface area contributed by atoms with Gasteiger partial charge >= 0.3 is 0 Å². The van der Waals surface area contributed by atoms with Crippen molar-refractivity contribution in [3.63, 3.8) is 0 Å². The van der Waals surface area contributed by atoms with E-state index in [4.69, 9.17) is 9.11 Å². The van der Waals surface area contributed by atoms with E-state index in [-0.39, 0.29) is 0 Å². The molecule has 1 rings (SSSR count). The SMILES string of the molecule is O=S(=O)(O)CS(=O)(=O)O.c1ccccsccc1. The molecule has 1 aromatic rings. The summed E-state index contributed by atoms with van der Waals surface area (Å²) in [6.45, 7) is 0. The first kappa shape index (κ1) is 17.0. The monoisotopic (exact) mass is 312 g/mol. The molecule has 0 atom stereocenters. The minimum atomic E-state index is -4.62. The van der Waals surface area contributed by atoms with Gasteiger partial charge in [-0.15, -0.1) is 0 Å². The molecule has 0 radical (unpaired) electrons. The van der Waals surface area contributed by atoms with Crippen LogP contribution in [0, 0.1) is 0 Å². The largest absolute Gasteiger partial charge is 0.285 e. The molecule has 0 saturated carbocycles. The van der Waals surface area contributed by atoms with Gasteiger partial charge in [0, 0.05) is 0 Å². The van der Waals surface area contributed by atoms with Crippen molar-refractivity contribution in [2.24, 2.45) is 0 Å². The van der Waals surface area contributed by atoms with E-state index < -0.39 is 25.3 Å². The summed E-state index contributed by atoms with van der Waals surface area (Å²) in [6.07, 6.45) is 0. The van der Waals surface area contributed by atoms with Crippen LogP contribution in [-0.4, -0.2) is 31.0 Å². The average Bonchev–Trinajstić information content (AvgIpc) is 2.26. The highest BCUT2D eigenvalue weighted by Crippen LogP contribution is 1.89. The predicted octanol–water partition coefficient (Wildman–Crippen LogP) is 1.59. The van der Waals surface area contributed by atoms with Crippen LogP contribution in [0.2, 0.25) is 0 Å². The fraction of sp³-hybridized carbons (Fsp3) is 0.111. The van der Waals surface area contributed by atoms with Gasteiger partial charge in [0.25, 0.3) is 20.2 Å². The van der Waals surface area contributed by atoms with Crippen molar-refractivity contribution in [2.45, 2.75) is 0 Å². The fourth-order valence-corrected chi connectivity index (χ4v) is 2.63. The van der Waals surface area contributed by atoms with Gasteiger partial charge in [0.1, 0.15) is 0 Å². The Labute approximate surface area is 110 Å². The molecule has 9 heteroatoms. The highest BCUT2D eigenvalue weighted by Gasteiger charge is 2.15. The fourth-order valence-electron chi connectivity index (χ4n) is 0.672. The van der Waals surface area contributed by atoms with Crippen molar-refractivity contribution in [1.29, 1.82) is 0 Å². The smallest absolute Gasteiger partial charge is 0.281 e. The Hall–Kier alpha value is -1.00. The molecule has 0 aliphatic heterocycles. The van der Waals surface area contributed by atoms with E-state index in [1.54, 1.807) is 11.3 Å². The molecule has 0 bridgehead atoms. The molecular formula is C9H12O6S3. The summed E-state index contributed by atoms with van der Waals surface area (Å²) in [4.78, 5) is 0. The van der Waals surface area contributed by atoms with Crippen molar-refractivity contribution in [3.8, 4) is 0 Å². The molecular weight excluding hydrogens is 300 g/mol. The third-order valence-corrected chi connectivity index (χ3v) is 4.18. The first-order chi connectivity index (χ1) is 8.21. The lowest BCUT2D eigenvalue weighted by Gasteiger charge is -1.89. The molecule has 0 saturated heterocycles. The van der Waals surface area contributed by atoms with Crippen molar-refractivity contribution in [1.82, 2.24) is 0 Å². The third-order valence-electron chi connectivity index (χ3n) is 1.17. The van der Waals surface area contributed by atoms with Gasteiger partial charge in [-0.1, -0.05) is 36.4 Å². The maximum Gasteiger partial charge on any atom is 0.281 e. The molecule has 0 spiro atoms. The Morgan fingerprint density at radius 1 is 0.722 bits per heavy atom. The van der Waals surface area contributed by atoms with Gasteiger partial charge in [-0.25, -0.2) is 0 Å². The van der Waals surface area contributed by atoms with Crippen molar-refractivity contribution in [2.75, 3.05) is 5.08 Å². The Balaban J connectivity index is 0.000000321. The normalized spacial score (nSPS) is 10.8. The maximum absolute atomic E-state index is 9.66. The summed E-state index contributed by atoms with van der Waals surface area (Å²) in [6, 6.07) is 12.1. The summed E-state index contributed by atoms with van der Waals surface area (Å²) in [5, 5.41) is 2.43. The van der Waals surface area contributed by atoms with E-state index in [1.165, 1.54) is 0 Å². The lowest BCUT2D eigenvalue weighted by atomic mass is 10.5. The molecule has 0 amide bonds. The minimum absolute atomic E-state index is 1.65. The standard InChI is InChI=1S/C8H8S.CH4O6S2/c1-2-4-6-8-9-7-5-3-1;2-8(3,4)1-9(5,6)7/h1-8H;1H2,(H,2,3,4)(H,5,6,7). The second-order valence-corrected chi connectivity index (χ2v) is 6.93. The molecule has 0 aliphatic rings. The van der Waals surface area contributed by atoms with Crippen LogP contribution in [0.5, 0.6) is 0 Å². The van der Waals surface area contributed by atoms with Crippen LogP contribution >= 0.6 is 11.3 Å². The molecule has 0 aromatic carbocycles. The summed E-state index contributed by atoms with van der Waals surface area (Å²) in [5.41, 5.74) is 0. The topological polar surface area (TPSA) is 109 Å². The summed E-state index contributed by atoms with van der Waals surface area (Å²) in [7, 11) is -9.24. The third kappa shape index (κ3) is 15.0. The maximum atomic E-state index is 9.66. The average molecular weight is 312 g/mol. The molecule has 2 N–H and O–H groups in total. The van der Waals surface area contributed by atoms with Gasteiger partial charge in [0.2, 0.25) is 5.08 Å². The van der Waals surface area contributed by atoms with Crippen molar-refractivity contribution < 1.29 is 25.9 Å². The van der Waals surface area contributed by atoms with E-state index in [1.807, 2.05) is 47.2 Å². The molecule has 0 unspecified atom stereocenters. The Bertz CT molecular complexity index is 481. The lowest BCUT2D eigenvalue weighted by Crippen LogP contribution is -2.13.